The first-order valence-corrected chi connectivity index (χ1v) is 12.6. The molecule has 0 bridgehead atoms. The molecule has 0 unspecified atom stereocenters. The summed E-state index contributed by atoms with van der Waals surface area (Å²) in [4.78, 5) is 13.0. The van der Waals surface area contributed by atoms with E-state index in [1.54, 1.807) is 24.4 Å². The van der Waals surface area contributed by atoms with Gasteiger partial charge in [0.15, 0.2) is 0 Å². The van der Waals surface area contributed by atoms with Crippen LogP contribution in [-0.2, 0) is 16.3 Å². The van der Waals surface area contributed by atoms with Crippen LogP contribution in [0.5, 0.6) is 0 Å². The van der Waals surface area contributed by atoms with Gasteiger partial charge in [-0.2, -0.15) is 21.6 Å². The van der Waals surface area contributed by atoms with Crippen LogP contribution in [0.4, 0.5) is 24.7 Å². The topological polar surface area (TPSA) is 105 Å². The zero-order chi connectivity index (χ0) is 27.3. The Morgan fingerprint density at radius 1 is 0.816 bits per heavy atom. The number of aromatic nitrogens is 3. The average Bonchev–Trinajstić information content (AvgIpc) is 2.90. The predicted molar refractivity (Wildman–Crippen MR) is 138 cm³/mol. The molecule has 0 aliphatic carbocycles. The number of anilines is 2. The van der Waals surface area contributed by atoms with E-state index in [9.17, 15) is 21.6 Å². The Hall–Kier alpha value is -4.35. The lowest BCUT2D eigenvalue weighted by molar-refractivity contribution is -0.137. The van der Waals surface area contributed by atoms with Crippen molar-refractivity contribution >= 4 is 32.5 Å². The molecule has 0 aliphatic heterocycles. The molecule has 0 aliphatic rings. The monoisotopic (exact) mass is 538 g/mol. The van der Waals surface area contributed by atoms with Crippen molar-refractivity contribution in [3.05, 3.63) is 109 Å². The SMILES string of the molecule is Cc1c(Nc2ccc(C(F)(F)F)cc2)ncnc1-c1cccc2cccnc12.O=S(=O)(O)c1ccccc1. The maximum Gasteiger partial charge on any atom is 0.416 e. The minimum Gasteiger partial charge on any atom is -0.340 e. The summed E-state index contributed by atoms with van der Waals surface area (Å²) in [5.41, 5.74) is 3.01. The molecule has 5 rings (SSSR count). The molecule has 5 aromatic rings. The lowest BCUT2D eigenvalue weighted by atomic mass is 10.0. The fourth-order valence-electron chi connectivity index (χ4n) is 3.61. The van der Waals surface area contributed by atoms with Crippen molar-refractivity contribution in [3.8, 4) is 11.3 Å². The number of fused-ring (bicyclic) bond motifs is 1. The van der Waals surface area contributed by atoms with Crippen molar-refractivity contribution in [2.24, 2.45) is 0 Å². The Morgan fingerprint density at radius 3 is 2.13 bits per heavy atom. The number of nitrogens with zero attached hydrogens (tertiary/aromatic N) is 3. The van der Waals surface area contributed by atoms with Gasteiger partial charge in [-0.25, -0.2) is 9.97 Å². The minimum atomic E-state index is -4.36. The summed E-state index contributed by atoms with van der Waals surface area (Å²) >= 11 is 0. The quantitative estimate of drug-likeness (QED) is 0.246. The first-order valence-electron chi connectivity index (χ1n) is 11.2. The Balaban J connectivity index is 0.000000283. The van der Waals surface area contributed by atoms with Gasteiger partial charge in [0, 0.05) is 28.4 Å². The third-order valence-corrected chi connectivity index (χ3v) is 6.36. The molecule has 194 valence electrons. The molecule has 0 saturated heterocycles. The maximum absolute atomic E-state index is 12.7. The van der Waals surface area contributed by atoms with Gasteiger partial charge >= 0.3 is 6.18 Å². The lowest BCUT2D eigenvalue weighted by Gasteiger charge is -2.13. The molecule has 0 saturated carbocycles. The van der Waals surface area contributed by atoms with Crippen LogP contribution >= 0.6 is 0 Å². The molecular weight excluding hydrogens is 517 g/mol. The normalized spacial score (nSPS) is 11.5. The number of para-hydroxylation sites is 1. The largest absolute Gasteiger partial charge is 0.416 e. The van der Waals surface area contributed by atoms with Crippen LogP contribution in [0.25, 0.3) is 22.2 Å². The molecule has 38 heavy (non-hydrogen) atoms. The highest BCUT2D eigenvalue weighted by Crippen LogP contribution is 2.33. The van der Waals surface area contributed by atoms with Crippen LogP contribution in [0.2, 0.25) is 0 Å². The number of rotatable bonds is 4. The van der Waals surface area contributed by atoms with Gasteiger partial charge in [0.05, 0.1) is 21.7 Å². The Morgan fingerprint density at radius 2 is 1.50 bits per heavy atom. The van der Waals surface area contributed by atoms with Gasteiger partial charge in [-0.15, -0.1) is 0 Å². The van der Waals surface area contributed by atoms with Crippen molar-refractivity contribution < 1.29 is 26.1 Å². The van der Waals surface area contributed by atoms with Crippen LogP contribution in [-0.4, -0.2) is 27.9 Å². The summed E-state index contributed by atoms with van der Waals surface area (Å²) in [5.74, 6) is 0.526. The Labute approximate surface area is 216 Å². The van der Waals surface area contributed by atoms with E-state index in [-0.39, 0.29) is 4.90 Å². The first-order chi connectivity index (χ1) is 18.0. The summed E-state index contributed by atoms with van der Waals surface area (Å²) in [7, 11) is -4.00. The fourth-order valence-corrected chi connectivity index (χ4v) is 4.12. The van der Waals surface area contributed by atoms with Gasteiger partial charge in [-0.1, -0.05) is 42.5 Å². The Bertz CT molecular complexity index is 1660. The second-order valence-corrected chi connectivity index (χ2v) is 9.49. The highest BCUT2D eigenvalue weighted by atomic mass is 32.2. The number of halogens is 3. The molecule has 0 fully saturated rings. The van der Waals surface area contributed by atoms with Crippen LogP contribution in [0.3, 0.4) is 0 Å². The summed E-state index contributed by atoms with van der Waals surface area (Å²) in [6.45, 7) is 1.86. The molecule has 0 spiro atoms. The van der Waals surface area contributed by atoms with E-state index in [1.165, 1.54) is 30.6 Å². The zero-order valence-corrected chi connectivity index (χ0v) is 20.7. The van der Waals surface area contributed by atoms with Crippen LogP contribution < -0.4 is 5.32 Å². The maximum atomic E-state index is 12.7. The van der Waals surface area contributed by atoms with Crippen molar-refractivity contribution in [2.75, 3.05) is 5.32 Å². The van der Waals surface area contributed by atoms with Gasteiger partial charge in [0.2, 0.25) is 0 Å². The number of hydrogen-bond acceptors (Lipinski definition) is 6. The number of hydrogen-bond donors (Lipinski definition) is 2. The molecule has 2 N–H and O–H groups in total. The molecule has 0 amide bonds. The van der Waals surface area contributed by atoms with Gasteiger partial charge in [0.25, 0.3) is 10.1 Å². The summed E-state index contributed by atoms with van der Waals surface area (Å²) in [6, 6.07) is 21.9. The predicted octanol–water partition coefficient (Wildman–Crippen LogP) is 6.70. The zero-order valence-electron chi connectivity index (χ0n) is 19.9. The summed E-state index contributed by atoms with van der Waals surface area (Å²) in [5, 5.41) is 4.07. The molecule has 2 aromatic heterocycles. The Kier molecular flexibility index (Phi) is 7.70. The van der Waals surface area contributed by atoms with Crippen molar-refractivity contribution in [1.29, 1.82) is 0 Å². The number of benzene rings is 3. The minimum absolute atomic E-state index is 0.0741. The average molecular weight is 539 g/mol. The number of pyridine rings is 1. The van der Waals surface area contributed by atoms with E-state index in [1.807, 2.05) is 37.3 Å². The van der Waals surface area contributed by atoms with E-state index in [0.29, 0.717) is 17.2 Å². The summed E-state index contributed by atoms with van der Waals surface area (Å²) in [6.07, 6.45) is -1.21. The molecule has 7 nitrogen and oxygen atoms in total. The molecule has 2 heterocycles. The van der Waals surface area contributed by atoms with Gasteiger partial charge < -0.3 is 5.32 Å². The van der Waals surface area contributed by atoms with Crippen LogP contribution in [0.15, 0.2) is 102 Å². The van der Waals surface area contributed by atoms with Crippen LogP contribution in [0.1, 0.15) is 11.1 Å². The molecule has 0 atom stereocenters. The van der Waals surface area contributed by atoms with Crippen LogP contribution in [0, 0.1) is 6.92 Å². The molecular formula is C27H21F3N4O3S. The highest BCUT2D eigenvalue weighted by Gasteiger charge is 2.30. The van der Waals surface area contributed by atoms with E-state index in [2.05, 4.69) is 20.3 Å². The molecule has 0 radical (unpaired) electrons. The number of nitrogens with one attached hydrogen (secondary N) is 1. The highest BCUT2D eigenvalue weighted by molar-refractivity contribution is 7.85. The standard InChI is InChI=1S/C21H15F3N4.C6H6O3S/c1-13-18(17-6-2-4-14-5-3-11-25-19(14)17)26-12-27-20(13)28-16-9-7-15(8-10-16)21(22,23)24;7-10(8,9)6-4-2-1-3-5-6/h2-12H,1H3,(H,26,27,28);1-5H,(H,7,8,9). The summed E-state index contributed by atoms with van der Waals surface area (Å²) < 4.78 is 67.4. The van der Waals surface area contributed by atoms with E-state index >= 15 is 0 Å². The van der Waals surface area contributed by atoms with Gasteiger partial charge in [-0.3, -0.25) is 9.54 Å². The van der Waals surface area contributed by atoms with Crippen molar-refractivity contribution in [1.82, 2.24) is 15.0 Å². The van der Waals surface area contributed by atoms with Crippen molar-refractivity contribution in [3.63, 3.8) is 0 Å². The van der Waals surface area contributed by atoms with Gasteiger partial charge in [0.1, 0.15) is 12.1 Å². The van der Waals surface area contributed by atoms with Gasteiger partial charge in [-0.05, 0) is 49.4 Å². The molecule has 3 aromatic carbocycles. The second kappa shape index (κ2) is 11.0. The van der Waals surface area contributed by atoms with E-state index < -0.39 is 21.9 Å². The number of alkyl halides is 3. The fraction of sp³-hybridized carbons (Fsp3) is 0.0741. The van der Waals surface area contributed by atoms with E-state index in [4.69, 9.17) is 4.55 Å². The third-order valence-electron chi connectivity index (χ3n) is 5.49. The molecule has 11 heteroatoms. The third kappa shape index (κ3) is 6.31. The first kappa shape index (κ1) is 26.7. The second-order valence-electron chi connectivity index (χ2n) is 8.06. The van der Waals surface area contributed by atoms with E-state index in [0.717, 1.165) is 34.2 Å². The van der Waals surface area contributed by atoms with Crippen molar-refractivity contribution in [2.45, 2.75) is 18.0 Å². The smallest absolute Gasteiger partial charge is 0.340 e. The lowest BCUT2D eigenvalue weighted by Crippen LogP contribution is -2.05.